The van der Waals surface area contributed by atoms with Crippen LogP contribution in [0.15, 0.2) is 24.3 Å². The van der Waals surface area contributed by atoms with Gasteiger partial charge in [0.25, 0.3) is 0 Å². The lowest BCUT2D eigenvalue weighted by Crippen LogP contribution is -2.40. The zero-order chi connectivity index (χ0) is 13.9. The van der Waals surface area contributed by atoms with E-state index in [1.54, 1.807) is 6.07 Å². The van der Waals surface area contributed by atoms with Crippen molar-refractivity contribution in [1.82, 2.24) is 10.6 Å². The van der Waals surface area contributed by atoms with Crippen LogP contribution in [0.4, 0.5) is 13.2 Å². The average Bonchev–Trinajstić information content (AvgIpc) is 2.39. The topological polar surface area (TPSA) is 24.1 Å². The molecule has 1 unspecified atom stereocenters. The van der Waals surface area contributed by atoms with Crippen molar-refractivity contribution in [2.24, 2.45) is 0 Å². The first kappa shape index (κ1) is 14.3. The standard InChI is InChI=1S/C14H19F3N2/c1-10(19-13-5-7-18-8-6-13)11-3-2-4-12(9-11)14(15,16)17/h2-4,9-10,13,18-19H,5-8H2,1H3. The lowest BCUT2D eigenvalue weighted by Gasteiger charge is -2.27. The van der Waals surface area contributed by atoms with Crippen LogP contribution >= 0.6 is 0 Å². The van der Waals surface area contributed by atoms with Crippen LogP contribution in [-0.2, 0) is 6.18 Å². The van der Waals surface area contributed by atoms with Gasteiger partial charge in [-0.15, -0.1) is 0 Å². The van der Waals surface area contributed by atoms with Crippen LogP contribution in [0.2, 0.25) is 0 Å². The summed E-state index contributed by atoms with van der Waals surface area (Å²) in [6.45, 7) is 3.84. The Labute approximate surface area is 111 Å². The van der Waals surface area contributed by atoms with Crippen molar-refractivity contribution in [2.75, 3.05) is 13.1 Å². The highest BCUT2D eigenvalue weighted by Crippen LogP contribution is 2.30. The summed E-state index contributed by atoms with van der Waals surface area (Å²) in [5.41, 5.74) is 0.109. The van der Waals surface area contributed by atoms with Crippen molar-refractivity contribution >= 4 is 0 Å². The third-order valence-electron chi connectivity index (χ3n) is 3.54. The summed E-state index contributed by atoms with van der Waals surface area (Å²) in [4.78, 5) is 0. The monoisotopic (exact) mass is 272 g/mol. The van der Waals surface area contributed by atoms with Gasteiger partial charge in [0, 0.05) is 12.1 Å². The van der Waals surface area contributed by atoms with Gasteiger partial charge in [0.05, 0.1) is 5.56 Å². The molecule has 1 saturated heterocycles. The van der Waals surface area contributed by atoms with Crippen molar-refractivity contribution in [2.45, 2.75) is 38.0 Å². The van der Waals surface area contributed by atoms with E-state index in [1.807, 2.05) is 6.92 Å². The van der Waals surface area contributed by atoms with Crippen LogP contribution in [0.1, 0.15) is 36.9 Å². The molecule has 5 heteroatoms. The molecule has 19 heavy (non-hydrogen) atoms. The van der Waals surface area contributed by atoms with Gasteiger partial charge in [-0.1, -0.05) is 12.1 Å². The molecule has 0 aromatic heterocycles. The maximum atomic E-state index is 12.7. The molecule has 0 spiro atoms. The predicted octanol–water partition coefficient (Wildman–Crippen LogP) is 3.11. The number of benzene rings is 1. The Morgan fingerprint density at radius 1 is 1.26 bits per heavy atom. The number of hydrogen-bond acceptors (Lipinski definition) is 2. The molecule has 0 bridgehead atoms. The molecule has 106 valence electrons. The van der Waals surface area contributed by atoms with Gasteiger partial charge in [0.15, 0.2) is 0 Å². The van der Waals surface area contributed by atoms with E-state index in [2.05, 4.69) is 10.6 Å². The molecular formula is C14H19F3N2. The van der Waals surface area contributed by atoms with Crippen molar-refractivity contribution in [1.29, 1.82) is 0 Å². The van der Waals surface area contributed by atoms with Gasteiger partial charge in [0.1, 0.15) is 0 Å². The third kappa shape index (κ3) is 3.94. The molecule has 1 atom stereocenters. The van der Waals surface area contributed by atoms with Gasteiger partial charge in [-0.05, 0) is 50.6 Å². The summed E-state index contributed by atoms with van der Waals surface area (Å²) in [5, 5.41) is 6.67. The fourth-order valence-electron chi connectivity index (χ4n) is 2.42. The lowest BCUT2D eigenvalue weighted by atomic mass is 10.0. The summed E-state index contributed by atoms with van der Waals surface area (Å²) in [6, 6.07) is 5.88. The summed E-state index contributed by atoms with van der Waals surface area (Å²) in [7, 11) is 0. The predicted molar refractivity (Wildman–Crippen MR) is 68.9 cm³/mol. The van der Waals surface area contributed by atoms with E-state index in [-0.39, 0.29) is 6.04 Å². The maximum Gasteiger partial charge on any atom is 0.416 e. The molecule has 1 aliphatic heterocycles. The number of nitrogens with one attached hydrogen (secondary N) is 2. The first-order valence-corrected chi connectivity index (χ1v) is 6.61. The Morgan fingerprint density at radius 3 is 2.58 bits per heavy atom. The molecule has 0 aliphatic carbocycles. The normalized spacial score (nSPS) is 19.4. The van der Waals surface area contributed by atoms with E-state index in [9.17, 15) is 13.2 Å². The molecule has 1 fully saturated rings. The van der Waals surface area contributed by atoms with E-state index in [0.29, 0.717) is 11.6 Å². The summed E-state index contributed by atoms with van der Waals surface area (Å²) in [5.74, 6) is 0. The zero-order valence-electron chi connectivity index (χ0n) is 10.9. The van der Waals surface area contributed by atoms with Gasteiger partial charge >= 0.3 is 6.18 Å². The molecule has 0 amide bonds. The highest BCUT2D eigenvalue weighted by Gasteiger charge is 2.30. The molecule has 1 aliphatic rings. The minimum atomic E-state index is -4.27. The molecule has 2 rings (SSSR count). The van der Waals surface area contributed by atoms with Crippen LogP contribution in [0, 0.1) is 0 Å². The second kappa shape index (κ2) is 5.92. The van der Waals surface area contributed by atoms with Gasteiger partial charge in [-0.25, -0.2) is 0 Å². The van der Waals surface area contributed by atoms with Crippen LogP contribution in [0.25, 0.3) is 0 Å². The minimum Gasteiger partial charge on any atom is -0.317 e. The number of halogens is 3. The second-order valence-electron chi connectivity index (χ2n) is 5.04. The van der Waals surface area contributed by atoms with Gasteiger partial charge in [0.2, 0.25) is 0 Å². The Kier molecular flexibility index (Phi) is 4.47. The number of alkyl halides is 3. The second-order valence-corrected chi connectivity index (χ2v) is 5.04. The van der Waals surface area contributed by atoms with Crippen LogP contribution in [0.3, 0.4) is 0 Å². The third-order valence-corrected chi connectivity index (χ3v) is 3.54. The Balaban J connectivity index is 2.04. The molecular weight excluding hydrogens is 253 g/mol. The molecule has 1 heterocycles. The van der Waals surface area contributed by atoms with E-state index in [0.717, 1.165) is 32.0 Å². The number of rotatable bonds is 3. The van der Waals surface area contributed by atoms with Crippen molar-refractivity contribution in [3.05, 3.63) is 35.4 Å². The van der Waals surface area contributed by atoms with E-state index >= 15 is 0 Å². The van der Waals surface area contributed by atoms with Crippen molar-refractivity contribution < 1.29 is 13.2 Å². The van der Waals surface area contributed by atoms with Crippen LogP contribution in [-0.4, -0.2) is 19.1 Å². The zero-order valence-corrected chi connectivity index (χ0v) is 10.9. The van der Waals surface area contributed by atoms with E-state index in [4.69, 9.17) is 0 Å². The smallest absolute Gasteiger partial charge is 0.317 e. The molecule has 0 radical (unpaired) electrons. The van der Waals surface area contributed by atoms with Gasteiger partial charge in [-0.3, -0.25) is 0 Å². The quantitative estimate of drug-likeness (QED) is 0.883. The largest absolute Gasteiger partial charge is 0.416 e. The van der Waals surface area contributed by atoms with Crippen LogP contribution in [0.5, 0.6) is 0 Å². The fraction of sp³-hybridized carbons (Fsp3) is 0.571. The molecule has 2 nitrogen and oxygen atoms in total. The van der Waals surface area contributed by atoms with Gasteiger partial charge in [-0.2, -0.15) is 13.2 Å². The first-order chi connectivity index (χ1) is 8.97. The minimum absolute atomic E-state index is 0.0644. The Morgan fingerprint density at radius 2 is 1.95 bits per heavy atom. The molecule has 1 aromatic carbocycles. The van der Waals surface area contributed by atoms with Gasteiger partial charge < -0.3 is 10.6 Å². The lowest BCUT2D eigenvalue weighted by molar-refractivity contribution is -0.137. The van der Waals surface area contributed by atoms with E-state index in [1.165, 1.54) is 12.1 Å². The SMILES string of the molecule is CC(NC1CCNCC1)c1cccc(C(F)(F)F)c1. The van der Waals surface area contributed by atoms with Crippen molar-refractivity contribution in [3.63, 3.8) is 0 Å². The molecule has 2 N–H and O–H groups in total. The van der Waals surface area contributed by atoms with Crippen molar-refractivity contribution in [3.8, 4) is 0 Å². The summed E-state index contributed by atoms with van der Waals surface area (Å²) < 4.78 is 38.0. The summed E-state index contributed by atoms with van der Waals surface area (Å²) >= 11 is 0. The molecule has 0 saturated carbocycles. The average molecular weight is 272 g/mol. The van der Waals surface area contributed by atoms with E-state index < -0.39 is 11.7 Å². The highest BCUT2D eigenvalue weighted by atomic mass is 19.4. The fourth-order valence-corrected chi connectivity index (χ4v) is 2.42. The Hall–Kier alpha value is -1.07. The Bertz CT molecular complexity index is 411. The summed E-state index contributed by atoms with van der Waals surface area (Å²) in [6.07, 6.45) is -2.24. The maximum absolute atomic E-state index is 12.7. The van der Waals surface area contributed by atoms with Crippen LogP contribution < -0.4 is 10.6 Å². The number of piperidine rings is 1. The highest BCUT2D eigenvalue weighted by molar-refractivity contribution is 5.27. The first-order valence-electron chi connectivity index (χ1n) is 6.61. The molecule has 1 aromatic rings. The number of hydrogen-bond donors (Lipinski definition) is 2.